The number of ether oxygens (including phenoxy) is 2. The van der Waals surface area contributed by atoms with Crippen molar-refractivity contribution >= 4 is 53.3 Å². The van der Waals surface area contributed by atoms with Crippen LogP contribution in [0.25, 0.3) is 69.9 Å². The van der Waals surface area contributed by atoms with Crippen molar-refractivity contribution in [1.29, 1.82) is 0 Å². The highest BCUT2D eigenvalue weighted by Gasteiger charge is 2.22. The largest absolute Gasteiger partial charge is 0.449 e. The number of thiophene rings is 1. The van der Waals surface area contributed by atoms with Gasteiger partial charge < -0.3 is 14.0 Å². The lowest BCUT2D eigenvalue weighted by Crippen LogP contribution is -1.99. The van der Waals surface area contributed by atoms with Crippen LogP contribution < -0.4 is 9.47 Å². The van der Waals surface area contributed by atoms with Gasteiger partial charge in [0.25, 0.3) is 0 Å². The molecule has 0 fully saturated rings. The standard InChI is InChI=1S/C42H25NO2S/c1-2-10-26(11-3-1)29-13-8-15-32-33-16-9-14-30(42(33)46-41(29)32)27-20-22-28(23-21-27)43-35-17-5-4-12-31(35)34-24-39-40(25-36(34)43)45-38-19-7-6-18-37(38)44-39/h1-25H. The van der Waals surface area contributed by atoms with E-state index >= 15 is 0 Å². The number of hydrogen-bond acceptors (Lipinski definition) is 3. The fourth-order valence-electron chi connectivity index (χ4n) is 6.95. The Kier molecular flexibility index (Phi) is 5.45. The number of rotatable bonds is 3. The Balaban J connectivity index is 1.11. The Labute approximate surface area is 269 Å². The normalized spacial score (nSPS) is 12.3. The number of benzene rings is 7. The maximum atomic E-state index is 6.31. The number of para-hydroxylation sites is 3. The van der Waals surface area contributed by atoms with E-state index in [9.17, 15) is 0 Å². The number of aromatic nitrogens is 1. The molecule has 0 aliphatic carbocycles. The van der Waals surface area contributed by atoms with E-state index in [0.29, 0.717) is 0 Å². The zero-order valence-corrected chi connectivity index (χ0v) is 25.4. The van der Waals surface area contributed by atoms with E-state index in [-0.39, 0.29) is 0 Å². The molecule has 9 aromatic rings. The molecule has 0 N–H and O–H groups in total. The van der Waals surface area contributed by atoms with E-state index < -0.39 is 0 Å². The molecule has 46 heavy (non-hydrogen) atoms. The van der Waals surface area contributed by atoms with E-state index in [1.165, 1.54) is 47.8 Å². The van der Waals surface area contributed by atoms with Crippen molar-refractivity contribution in [3.63, 3.8) is 0 Å². The van der Waals surface area contributed by atoms with Crippen LogP contribution in [0.2, 0.25) is 0 Å². The topological polar surface area (TPSA) is 23.4 Å². The minimum Gasteiger partial charge on any atom is -0.449 e. The molecule has 1 aliphatic rings. The molecular formula is C42H25NO2S. The first-order valence-electron chi connectivity index (χ1n) is 15.4. The molecule has 0 bridgehead atoms. The van der Waals surface area contributed by atoms with Gasteiger partial charge in [-0.3, -0.25) is 0 Å². The van der Waals surface area contributed by atoms with Gasteiger partial charge in [0.15, 0.2) is 23.0 Å². The maximum Gasteiger partial charge on any atom is 0.172 e. The van der Waals surface area contributed by atoms with Gasteiger partial charge >= 0.3 is 0 Å². The maximum absolute atomic E-state index is 6.31. The van der Waals surface area contributed by atoms with E-state index in [2.05, 4.69) is 132 Å². The Bertz CT molecular complexity index is 2630. The molecule has 2 aromatic heterocycles. The Morgan fingerprint density at radius 3 is 1.65 bits per heavy atom. The molecule has 7 aromatic carbocycles. The van der Waals surface area contributed by atoms with Gasteiger partial charge in [-0.05, 0) is 58.7 Å². The molecular weight excluding hydrogens is 583 g/mol. The van der Waals surface area contributed by atoms with Gasteiger partial charge in [0.1, 0.15) is 0 Å². The summed E-state index contributed by atoms with van der Waals surface area (Å²) >= 11 is 1.89. The van der Waals surface area contributed by atoms with Crippen molar-refractivity contribution in [3.05, 3.63) is 152 Å². The molecule has 3 nitrogen and oxygen atoms in total. The second-order valence-corrected chi connectivity index (χ2v) is 12.7. The molecule has 0 saturated carbocycles. The summed E-state index contributed by atoms with van der Waals surface area (Å²) in [5.74, 6) is 2.92. The van der Waals surface area contributed by atoms with Gasteiger partial charge in [0, 0.05) is 42.7 Å². The van der Waals surface area contributed by atoms with Crippen LogP contribution in [-0.4, -0.2) is 4.57 Å². The van der Waals surface area contributed by atoms with Crippen LogP contribution in [0.5, 0.6) is 23.0 Å². The van der Waals surface area contributed by atoms with Crippen molar-refractivity contribution < 1.29 is 9.47 Å². The van der Waals surface area contributed by atoms with E-state index in [1.54, 1.807) is 0 Å². The second-order valence-electron chi connectivity index (χ2n) is 11.7. The first-order chi connectivity index (χ1) is 22.8. The lowest BCUT2D eigenvalue weighted by Gasteiger charge is -2.20. The van der Waals surface area contributed by atoms with Crippen molar-refractivity contribution in [1.82, 2.24) is 4.57 Å². The van der Waals surface area contributed by atoms with Crippen molar-refractivity contribution in [2.24, 2.45) is 0 Å². The highest BCUT2D eigenvalue weighted by molar-refractivity contribution is 7.26. The molecule has 0 radical (unpaired) electrons. The van der Waals surface area contributed by atoms with Gasteiger partial charge in [-0.15, -0.1) is 11.3 Å². The molecule has 0 atom stereocenters. The van der Waals surface area contributed by atoms with Crippen LogP contribution in [0.4, 0.5) is 0 Å². The summed E-state index contributed by atoms with van der Waals surface area (Å²) in [6, 6.07) is 53.6. The Morgan fingerprint density at radius 2 is 0.957 bits per heavy atom. The van der Waals surface area contributed by atoms with Crippen LogP contribution in [0, 0.1) is 0 Å². The summed E-state index contributed by atoms with van der Waals surface area (Å²) in [6.07, 6.45) is 0. The zero-order chi connectivity index (χ0) is 30.2. The second kappa shape index (κ2) is 9.83. The lowest BCUT2D eigenvalue weighted by atomic mass is 10.00. The van der Waals surface area contributed by atoms with Crippen molar-refractivity contribution in [3.8, 4) is 50.9 Å². The molecule has 0 spiro atoms. The third-order valence-corrected chi connectivity index (χ3v) is 10.4. The van der Waals surface area contributed by atoms with E-state index in [0.717, 1.165) is 45.1 Å². The predicted octanol–water partition coefficient (Wildman–Crippen LogP) is 12.4. The van der Waals surface area contributed by atoms with E-state index in [1.807, 2.05) is 35.6 Å². The van der Waals surface area contributed by atoms with Gasteiger partial charge in [-0.1, -0.05) is 109 Å². The average Bonchev–Trinajstić information content (AvgIpc) is 3.66. The van der Waals surface area contributed by atoms with Gasteiger partial charge in [-0.25, -0.2) is 0 Å². The smallest absolute Gasteiger partial charge is 0.172 e. The molecule has 10 rings (SSSR count). The third kappa shape index (κ3) is 3.77. The molecule has 4 heteroatoms. The van der Waals surface area contributed by atoms with Gasteiger partial charge in [-0.2, -0.15) is 0 Å². The Morgan fingerprint density at radius 1 is 0.391 bits per heavy atom. The van der Waals surface area contributed by atoms with E-state index in [4.69, 9.17) is 9.47 Å². The van der Waals surface area contributed by atoms with Crippen molar-refractivity contribution in [2.45, 2.75) is 0 Å². The fraction of sp³-hybridized carbons (Fsp3) is 0. The zero-order valence-electron chi connectivity index (χ0n) is 24.6. The summed E-state index contributed by atoms with van der Waals surface area (Å²) < 4.78 is 17.6. The lowest BCUT2D eigenvalue weighted by molar-refractivity contribution is 0.360. The van der Waals surface area contributed by atoms with Gasteiger partial charge in [0.2, 0.25) is 0 Å². The average molecular weight is 608 g/mol. The Hall–Kier alpha value is -5.84. The SMILES string of the molecule is c1ccc(-c2cccc3c2sc2c(-c4ccc(-n5c6ccccc6c6cc7c(cc65)Oc5ccccc5O7)cc4)cccc23)cc1. The van der Waals surface area contributed by atoms with Gasteiger partial charge in [0.05, 0.1) is 11.0 Å². The first-order valence-corrected chi connectivity index (χ1v) is 16.2. The summed E-state index contributed by atoms with van der Waals surface area (Å²) in [6.45, 7) is 0. The minimum absolute atomic E-state index is 0.721. The molecule has 0 saturated heterocycles. The molecule has 0 unspecified atom stereocenters. The predicted molar refractivity (Wildman–Crippen MR) is 191 cm³/mol. The molecule has 3 heterocycles. The number of nitrogens with zero attached hydrogens (tertiary/aromatic N) is 1. The van der Waals surface area contributed by atoms with Crippen LogP contribution in [0.1, 0.15) is 0 Å². The third-order valence-electron chi connectivity index (χ3n) is 9.07. The minimum atomic E-state index is 0.721. The fourth-order valence-corrected chi connectivity index (χ4v) is 8.32. The molecule has 0 amide bonds. The highest BCUT2D eigenvalue weighted by Crippen LogP contribution is 2.49. The monoisotopic (exact) mass is 607 g/mol. The summed E-state index contributed by atoms with van der Waals surface area (Å²) in [5.41, 5.74) is 8.31. The van der Waals surface area contributed by atoms with Crippen molar-refractivity contribution in [2.75, 3.05) is 0 Å². The first kappa shape index (κ1) is 25.5. The summed E-state index contributed by atoms with van der Waals surface area (Å²) in [7, 11) is 0. The number of hydrogen-bond donors (Lipinski definition) is 0. The van der Waals surface area contributed by atoms with Crippen LogP contribution in [0.15, 0.2) is 152 Å². The summed E-state index contributed by atoms with van der Waals surface area (Å²) in [4.78, 5) is 0. The van der Waals surface area contributed by atoms with Crippen LogP contribution in [0.3, 0.4) is 0 Å². The molecule has 216 valence electrons. The number of fused-ring (bicyclic) bond motifs is 8. The van der Waals surface area contributed by atoms with Crippen LogP contribution >= 0.6 is 11.3 Å². The molecule has 1 aliphatic heterocycles. The highest BCUT2D eigenvalue weighted by atomic mass is 32.1. The summed E-state index contributed by atoms with van der Waals surface area (Å²) in [5, 5.41) is 4.92. The quantitative estimate of drug-likeness (QED) is 0.199. The van der Waals surface area contributed by atoms with Crippen LogP contribution in [-0.2, 0) is 0 Å².